The molecule has 0 aliphatic rings. The summed E-state index contributed by atoms with van der Waals surface area (Å²) in [5, 5.41) is 3.31. The minimum atomic E-state index is -4.64. The van der Waals surface area contributed by atoms with Crippen LogP contribution in [0.3, 0.4) is 0 Å². The molecule has 1 aromatic carbocycles. The van der Waals surface area contributed by atoms with E-state index in [9.17, 15) is 13.2 Å². The van der Waals surface area contributed by atoms with Gasteiger partial charge >= 0.3 is 6.36 Å². The average Bonchev–Trinajstić information content (AvgIpc) is 2.26. The first-order valence-electron chi connectivity index (χ1n) is 5.19. The summed E-state index contributed by atoms with van der Waals surface area (Å²) in [6.45, 7) is -0.139. The van der Waals surface area contributed by atoms with Crippen molar-refractivity contribution in [3.8, 4) is 5.75 Å². The topological polar surface area (TPSA) is 30.5 Å². The van der Waals surface area contributed by atoms with Gasteiger partial charge in [0.1, 0.15) is 12.4 Å². The fraction of sp³-hybridized carbons (Fsp3) is 0.455. The minimum absolute atomic E-state index is 0.218. The molecule has 0 aliphatic heterocycles. The third kappa shape index (κ3) is 5.57. The molecule has 0 saturated heterocycles. The Kier molecular flexibility index (Phi) is 5.71. The highest BCUT2D eigenvalue weighted by Crippen LogP contribution is 2.25. The molecule has 0 aliphatic carbocycles. The third-order valence-corrected chi connectivity index (χ3v) is 2.28. The van der Waals surface area contributed by atoms with Crippen LogP contribution in [0.5, 0.6) is 5.75 Å². The minimum Gasteiger partial charge on any atom is -0.490 e. The lowest BCUT2D eigenvalue weighted by molar-refractivity contribution is -0.325. The SMILES string of the molecule is CNCc1ccc(OCCOC(F)(F)F)c(Cl)c1. The molecule has 0 heterocycles. The maximum atomic E-state index is 11.7. The summed E-state index contributed by atoms with van der Waals surface area (Å²) < 4.78 is 43.7. The first-order valence-corrected chi connectivity index (χ1v) is 5.56. The Morgan fingerprint density at radius 2 is 2.00 bits per heavy atom. The van der Waals surface area contributed by atoms with Crippen molar-refractivity contribution in [2.45, 2.75) is 12.9 Å². The lowest BCUT2D eigenvalue weighted by Gasteiger charge is -2.11. The van der Waals surface area contributed by atoms with Crippen LogP contribution in [0.1, 0.15) is 5.56 Å². The van der Waals surface area contributed by atoms with Crippen LogP contribution in [0, 0.1) is 0 Å². The Bertz CT molecular complexity index is 385. The van der Waals surface area contributed by atoms with Crippen molar-refractivity contribution >= 4 is 11.6 Å². The van der Waals surface area contributed by atoms with Gasteiger partial charge in [-0.05, 0) is 24.7 Å². The van der Waals surface area contributed by atoms with Crippen LogP contribution < -0.4 is 10.1 Å². The van der Waals surface area contributed by atoms with Gasteiger partial charge < -0.3 is 10.1 Å². The van der Waals surface area contributed by atoms with Gasteiger partial charge in [-0.2, -0.15) is 0 Å². The second kappa shape index (κ2) is 6.82. The summed E-state index contributed by atoms with van der Waals surface area (Å²) in [6, 6.07) is 5.09. The summed E-state index contributed by atoms with van der Waals surface area (Å²) in [5.41, 5.74) is 0.960. The Hall–Kier alpha value is -0.980. The monoisotopic (exact) mass is 283 g/mol. The molecule has 0 aromatic heterocycles. The zero-order valence-corrected chi connectivity index (χ0v) is 10.4. The summed E-state index contributed by atoms with van der Waals surface area (Å²) >= 11 is 5.92. The first-order chi connectivity index (χ1) is 8.42. The van der Waals surface area contributed by atoms with Gasteiger partial charge in [-0.15, -0.1) is 13.2 Å². The lowest BCUT2D eigenvalue weighted by Crippen LogP contribution is -2.18. The second-order valence-electron chi connectivity index (χ2n) is 3.44. The molecule has 0 bridgehead atoms. The maximum absolute atomic E-state index is 11.7. The highest BCUT2D eigenvalue weighted by molar-refractivity contribution is 6.32. The van der Waals surface area contributed by atoms with Gasteiger partial charge in [0.2, 0.25) is 0 Å². The van der Waals surface area contributed by atoms with E-state index in [4.69, 9.17) is 16.3 Å². The Balaban J connectivity index is 2.43. The summed E-state index contributed by atoms with van der Waals surface area (Å²) in [6.07, 6.45) is -4.64. The largest absolute Gasteiger partial charge is 0.522 e. The van der Waals surface area contributed by atoms with Crippen molar-refractivity contribution in [2.24, 2.45) is 0 Å². The van der Waals surface area contributed by atoms with E-state index in [1.54, 1.807) is 25.2 Å². The lowest BCUT2D eigenvalue weighted by atomic mass is 10.2. The van der Waals surface area contributed by atoms with Gasteiger partial charge in [-0.1, -0.05) is 17.7 Å². The van der Waals surface area contributed by atoms with Crippen LogP contribution in [-0.4, -0.2) is 26.6 Å². The van der Waals surface area contributed by atoms with Gasteiger partial charge in [-0.25, -0.2) is 0 Å². The zero-order valence-electron chi connectivity index (χ0n) is 9.68. The number of alkyl halides is 3. The number of rotatable bonds is 6. The van der Waals surface area contributed by atoms with E-state index in [1.807, 2.05) is 0 Å². The van der Waals surface area contributed by atoms with E-state index < -0.39 is 13.0 Å². The van der Waals surface area contributed by atoms with Gasteiger partial charge in [-0.3, -0.25) is 4.74 Å². The zero-order chi connectivity index (χ0) is 13.6. The number of halogens is 4. The standard InChI is InChI=1S/C11H13ClF3NO2/c1-16-7-8-2-3-10(9(12)6-8)17-4-5-18-11(13,14)15/h2-3,6,16H,4-5,7H2,1H3. The average molecular weight is 284 g/mol. The predicted octanol–water partition coefficient (Wildman–Crippen LogP) is 2.97. The highest BCUT2D eigenvalue weighted by Gasteiger charge is 2.28. The van der Waals surface area contributed by atoms with Crippen LogP contribution in [0.15, 0.2) is 18.2 Å². The van der Waals surface area contributed by atoms with E-state index in [1.165, 1.54) is 0 Å². The highest BCUT2D eigenvalue weighted by atomic mass is 35.5. The Morgan fingerprint density at radius 1 is 1.28 bits per heavy atom. The number of nitrogens with one attached hydrogen (secondary N) is 1. The molecule has 0 radical (unpaired) electrons. The van der Waals surface area contributed by atoms with Crippen LogP contribution in [0.2, 0.25) is 5.02 Å². The second-order valence-corrected chi connectivity index (χ2v) is 3.84. The maximum Gasteiger partial charge on any atom is 0.522 e. The molecule has 102 valence electrons. The van der Waals surface area contributed by atoms with Crippen LogP contribution in [0.4, 0.5) is 13.2 Å². The van der Waals surface area contributed by atoms with Gasteiger partial charge in [0.25, 0.3) is 0 Å². The van der Waals surface area contributed by atoms with Crippen molar-refractivity contribution in [1.82, 2.24) is 5.32 Å². The van der Waals surface area contributed by atoms with Crippen molar-refractivity contribution in [1.29, 1.82) is 0 Å². The van der Waals surface area contributed by atoms with Crippen LogP contribution in [-0.2, 0) is 11.3 Å². The van der Waals surface area contributed by atoms with Gasteiger partial charge in [0.05, 0.1) is 11.6 Å². The summed E-state index contributed by atoms with van der Waals surface area (Å²) in [5.74, 6) is 0.335. The van der Waals surface area contributed by atoms with Crippen molar-refractivity contribution < 1.29 is 22.6 Å². The molecule has 0 spiro atoms. The first kappa shape index (κ1) is 15.1. The normalized spacial score (nSPS) is 11.6. The molecular formula is C11H13ClF3NO2. The van der Waals surface area contributed by atoms with E-state index in [0.717, 1.165) is 5.56 Å². The van der Waals surface area contributed by atoms with E-state index in [2.05, 4.69) is 10.1 Å². The fourth-order valence-corrected chi connectivity index (χ4v) is 1.54. The molecule has 1 rings (SSSR count). The predicted molar refractivity (Wildman–Crippen MR) is 61.7 cm³/mol. The quantitative estimate of drug-likeness (QED) is 0.814. The molecule has 0 fully saturated rings. The van der Waals surface area contributed by atoms with E-state index in [-0.39, 0.29) is 6.61 Å². The number of hydrogen-bond acceptors (Lipinski definition) is 3. The van der Waals surface area contributed by atoms with Gasteiger partial charge in [0, 0.05) is 6.54 Å². The molecule has 0 unspecified atom stereocenters. The Morgan fingerprint density at radius 3 is 2.56 bits per heavy atom. The van der Waals surface area contributed by atoms with Crippen molar-refractivity contribution in [3.05, 3.63) is 28.8 Å². The molecular weight excluding hydrogens is 271 g/mol. The molecule has 7 heteroatoms. The molecule has 1 aromatic rings. The molecule has 1 N–H and O–H groups in total. The number of benzene rings is 1. The molecule has 0 amide bonds. The van der Waals surface area contributed by atoms with E-state index in [0.29, 0.717) is 17.3 Å². The number of ether oxygens (including phenoxy) is 2. The summed E-state index contributed by atoms with van der Waals surface area (Å²) in [4.78, 5) is 0. The molecule has 3 nitrogen and oxygen atoms in total. The molecule has 0 saturated carbocycles. The fourth-order valence-electron chi connectivity index (χ4n) is 1.28. The van der Waals surface area contributed by atoms with Crippen molar-refractivity contribution in [2.75, 3.05) is 20.3 Å². The van der Waals surface area contributed by atoms with Crippen LogP contribution >= 0.6 is 11.6 Å². The summed E-state index contributed by atoms with van der Waals surface area (Å²) in [7, 11) is 1.80. The Labute approximate surface area is 108 Å². The number of hydrogen-bond donors (Lipinski definition) is 1. The van der Waals surface area contributed by atoms with Crippen molar-refractivity contribution in [3.63, 3.8) is 0 Å². The van der Waals surface area contributed by atoms with Gasteiger partial charge in [0.15, 0.2) is 0 Å². The van der Waals surface area contributed by atoms with Crippen LogP contribution in [0.25, 0.3) is 0 Å². The molecule has 18 heavy (non-hydrogen) atoms. The molecule has 0 atom stereocenters. The third-order valence-electron chi connectivity index (χ3n) is 1.98. The smallest absolute Gasteiger partial charge is 0.490 e. The van der Waals surface area contributed by atoms with E-state index >= 15 is 0 Å².